The monoisotopic (exact) mass is 440 g/mol. The minimum Gasteiger partial charge on any atom is -0.329 e. The average molecular weight is 440 g/mol. The third-order valence-corrected chi connectivity index (χ3v) is 5.39. The lowest BCUT2D eigenvalue weighted by molar-refractivity contribution is -0.114. The molecule has 0 aliphatic carbocycles. The van der Waals surface area contributed by atoms with Gasteiger partial charge < -0.3 is 10.6 Å². The topological polar surface area (TPSA) is 167 Å². The van der Waals surface area contributed by atoms with Gasteiger partial charge in [0.15, 0.2) is 0 Å². The number of anilines is 2. The summed E-state index contributed by atoms with van der Waals surface area (Å²) in [5.74, 6) is -0.448. The molecular formula is C17H16N2O8S2. The Morgan fingerprint density at radius 2 is 1.31 bits per heavy atom. The highest BCUT2D eigenvalue weighted by Crippen LogP contribution is 2.26. The highest BCUT2D eigenvalue weighted by Gasteiger charge is 2.17. The van der Waals surface area contributed by atoms with Crippen LogP contribution in [0.4, 0.5) is 11.4 Å². The van der Waals surface area contributed by atoms with E-state index >= 15 is 0 Å². The first kappa shape index (κ1) is 22.2. The molecule has 0 aliphatic heterocycles. The van der Waals surface area contributed by atoms with E-state index in [1.165, 1.54) is 43.3 Å². The predicted octanol–water partition coefficient (Wildman–Crippen LogP) is 1.88. The van der Waals surface area contributed by atoms with E-state index in [0.717, 1.165) is 12.1 Å². The Morgan fingerprint density at radius 1 is 0.862 bits per heavy atom. The van der Waals surface area contributed by atoms with Gasteiger partial charge in [0, 0.05) is 18.3 Å². The number of benzene rings is 2. The fourth-order valence-electron chi connectivity index (χ4n) is 2.41. The molecule has 0 spiro atoms. The first-order chi connectivity index (χ1) is 13.4. The standard InChI is InChI=1S/C17H16N2O8S2/c1-11(21)19-15-7-5-13(17(9-15)29(25,26)27)3-2-12-4-6-14(18-10-20)8-16(12)28(22,23)24/h2-10H,1H3,(H,18,20)(H,19,21)(H,22,23,24)(H,25,26,27)/b3-2-. The largest absolute Gasteiger partial charge is 0.329 e. The molecule has 10 nitrogen and oxygen atoms in total. The van der Waals surface area contributed by atoms with E-state index in [1.807, 2.05) is 0 Å². The maximum Gasteiger partial charge on any atom is 0.295 e. The van der Waals surface area contributed by atoms with Crippen LogP contribution in [0, 0.1) is 0 Å². The zero-order valence-electron chi connectivity index (χ0n) is 14.9. The van der Waals surface area contributed by atoms with Gasteiger partial charge >= 0.3 is 0 Å². The Hall–Kier alpha value is -3.06. The minimum absolute atomic E-state index is 0.00187. The zero-order valence-corrected chi connectivity index (χ0v) is 16.5. The highest BCUT2D eigenvalue weighted by atomic mass is 32.2. The SMILES string of the molecule is CC(=O)Nc1ccc(/C=C\c2ccc(NC=O)cc2S(=O)(=O)O)c(S(=O)(=O)O)c1. The van der Waals surface area contributed by atoms with Crippen LogP contribution in [0.25, 0.3) is 12.2 Å². The van der Waals surface area contributed by atoms with Crippen molar-refractivity contribution in [1.82, 2.24) is 0 Å². The summed E-state index contributed by atoms with van der Waals surface area (Å²) in [6.45, 7) is 1.22. The van der Waals surface area contributed by atoms with Crippen molar-refractivity contribution in [3.05, 3.63) is 47.5 Å². The van der Waals surface area contributed by atoms with Crippen LogP contribution >= 0.6 is 0 Å². The fourth-order valence-corrected chi connectivity index (χ4v) is 3.83. The Kier molecular flexibility index (Phi) is 6.54. The number of hydrogen-bond donors (Lipinski definition) is 4. The molecule has 2 aromatic rings. The van der Waals surface area contributed by atoms with Crippen LogP contribution in [0.1, 0.15) is 18.1 Å². The molecule has 29 heavy (non-hydrogen) atoms. The van der Waals surface area contributed by atoms with Gasteiger partial charge in [-0.3, -0.25) is 18.7 Å². The van der Waals surface area contributed by atoms with Crippen molar-refractivity contribution >= 4 is 56.1 Å². The van der Waals surface area contributed by atoms with E-state index in [9.17, 15) is 35.5 Å². The normalized spacial score (nSPS) is 12.0. The summed E-state index contributed by atoms with van der Waals surface area (Å²) in [5.41, 5.74) is 0.238. The van der Waals surface area contributed by atoms with Gasteiger partial charge in [-0.1, -0.05) is 24.3 Å². The van der Waals surface area contributed by atoms with E-state index < -0.39 is 35.9 Å². The van der Waals surface area contributed by atoms with Crippen LogP contribution in [0.5, 0.6) is 0 Å². The Labute approximate surface area is 166 Å². The average Bonchev–Trinajstić information content (AvgIpc) is 2.59. The van der Waals surface area contributed by atoms with Gasteiger partial charge in [-0.25, -0.2) is 0 Å². The van der Waals surface area contributed by atoms with Crippen LogP contribution in [0.15, 0.2) is 46.2 Å². The van der Waals surface area contributed by atoms with Crippen molar-refractivity contribution in [3.63, 3.8) is 0 Å². The van der Waals surface area contributed by atoms with Gasteiger partial charge in [-0.05, 0) is 35.4 Å². The van der Waals surface area contributed by atoms with E-state index in [2.05, 4.69) is 10.6 Å². The van der Waals surface area contributed by atoms with Crippen molar-refractivity contribution in [2.45, 2.75) is 16.7 Å². The molecule has 0 saturated heterocycles. The summed E-state index contributed by atoms with van der Waals surface area (Å²) < 4.78 is 65.5. The number of amides is 2. The zero-order chi connectivity index (χ0) is 21.8. The van der Waals surface area contributed by atoms with Crippen molar-refractivity contribution in [2.75, 3.05) is 10.6 Å². The number of carbonyl (C=O) groups excluding carboxylic acids is 2. The maximum atomic E-state index is 11.7. The molecule has 0 saturated carbocycles. The molecule has 4 N–H and O–H groups in total. The van der Waals surface area contributed by atoms with Crippen molar-refractivity contribution in [2.24, 2.45) is 0 Å². The van der Waals surface area contributed by atoms with Gasteiger partial charge in [0.05, 0.1) is 0 Å². The Bertz CT molecular complexity index is 1200. The second-order valence-electron chi connectivity index (χ2n) is 5.73. The lowest BCUT2D eigenvalue weighted by Crippen LogP contribution is -2.08. The maximum absolute atomic E-state index is 11.7. The van der Waals surface area contributed by atoms with Crippen molar-refractivity contribution in [1.29, 1.82) is 0 Å². The van der Waals surface area contributed by atoms with Gasteiger partial charge in [-0.15, -0.1) is 0 Å². The quantitative estimate of drug-likeness (QED) is 0.287. The van der Waals surface area contributed by atoms with E-state index in [4.69, 9.17) is 0 Å². The van der Waals surface area contributed by atoms with Crippen molar-refractivity contribution < 1.29 is 35.5 Å². The van der Waals surface area contributed by atoms with Crippen LogP contribution in [-0.4, -0.2) is 38.3 Å². The van der Waals surface area contributed by atoms with Crippen molar-refractivity contribution in [3.8, 4) is 0 Å². The number of hydrogen-bond acceptors (Lipinski definition) is 6. The molecule has 0 fully saturated rings. The molecule has 0 unspecified atom stereocenters. The lowest BCUT2D eigenvalue weighted by atomic mass is 10.1. The smallest absolute Gasteiger partial charge is 0.295 e. The third kappa shape index (κ3) is 5.96. The molecule has 0 heterocycles. The van der Waals surface area contributed by atoms with Crippen LogP contribution in [0.3, 0.4) is 0 Å². The van der Waals surface area contributed by atoms with E-state index in [0.29, 0.717) is 6.41 Å². The number of nitrogens with one attached hydrogen (secondary N) is 2. The highest BCUT2D eigenvalue weighted by molar-refractivity contribution is 7.86. The second-order valence-corrected chi connectivity index (χ2v) is 8.51. The molecule has 154 valence electrons. The molecule has 0 bridgehead atoms. The molecule has 0 radical (unpaired) electrons. The Balaban J connectivity index is 2.56. The predicted molar refractivity (Wildman–Crippen MR) is 105 cm³/mol. The summed E-state index contributed by atoms with van der Waals surface area (Å²) >= 11 is 0. The van der Waals surface area contributed by atoms with Gasteiger partial charge in [0.1, 0.15) is 9.79 Å². The third-order valence-electron chi connectivity index (χ3n) is 3.57. The molecule has 0 aromatic heterocycles. The lowest BCUT2D eigenvalue weighted by Gasteiger charge is -2.09. The molecule has 12 heteroatoms. The van der Waals surface area contributed by atoms with Crippen LogP contribution in [-0.2, 0) is 29.8 Å². The summed E-state index contributed by atoms with van der Waals surface area (Å²) in [4.78, 5) is 20.6. The minimum atomic E-state index is -4.67. The summed E-state index contributed by atoms with van der Waals surface area (Å²) in [5, 5.41) is 4.62. The molecule has 2 aromatic carbocycles. The summed E-state index contributed by atoms with van der Waals surface area (Å²) in [7, 11) is -9.33. The van der Waals surface area contributed by atoms with E-state index in [1.54, 1.807) is 0 Å². The second kappa shape index (κ2) is 8.53. The van der Waals surface area contributed by atoms with Crippen LogP contribution < -0.4 is 10.6 Å². The molecule has 2 rings (SSSR count). The van der Waals surface area contributed by atoms with Crippen LogP contribution in [0.2, 0.25) is 0 Å². The first-order valence-corrected chi connectivity index (χ1v) is 10.7. The van der Waals surface area contributed by atoms with Gasteiger partial charge in [-0.2, -0.15) is 16.8 Å². The first-order valence-electron chi connectivity index (χ1n) is 7.81. The number of rotatable bonds is 7. The molecule has 2 amide bonds. The van der Waals surface area contributed by atoms with Gasteiger partial charge in [0.2, 0.25) is 12.3 Å². The summed E-state index contributed by atoms with van der Waals surface area (Å²) in [6.07, 6.45) is 2.74. The Morgan fingerprint density at radius 3 is 1.72 bits per heavy atom. The molecule has 0 atom stereocenters. The fraction of sp³-hybridized carbons (Fsp3) is 0.0588. The molecular weight excluding hydrogens is 424 g/mol. The number of carbonyl (C=O) groups is 2. The van der Waals surface area contributed by atoms with Gasteiger partial charge in [0.25, 0.3) is 20.2 Å². The molecule has 0 aliphatic rings. The summed E-state index contributed by atoms with van der Waals surface area (Å²) in [6, 6.07) is 7.39. The van der Waals surface area contributed by atoms with E-state index in [-0.39, 0.29) is 22.5 Å².